The molecule has 5 rings (SSSR count). The van der Waals surface area contributed by atoms with Crippen LogP contribution in [0.3, 0.4) is 0 Å². The number of aromatic nitrogens is 6. The number of carbonyl (C=O) groups is 1. The number of hydrogen-bond donors (Lipinski definition) is 3. The summed E-state index contributed by atoms with van der Waals surface area (Å²) in [6.07, 6.45) is 3.00. The van der Waals surface area contributed by atoms with Gasteiger partial charge in [0.05, 0.1) is 17.2 Å². The van der Waals surface area contributed by atoms with Crippen molar-refractivity contribution in [3.63, 3.8) is 0 Å². The van der Waals surface area contributed by atoms with Gasteiger partial charge in [-0.1, -0.05) is 65.9 Å². The van der Waals surface area contributed by atoms with Crippen LogP contribution in [-0.4, -0.2) is 41.9 Å². The Hall–Kier alpha value is -4.59. The number of nitrogens with one attached hydrogen (secondary N) is 2. The third-order valence-corrected chi connectivity index (χ3v) is 5.87. The van der Waals surface area contributed by atoms with E-state index in [1.807, 2.05) is 60.7 Å². The van der Waals surface area contributed by atoms with Crippen LogP contribution in [0.2, 0.25) is 0 Å². The molecule has 8 heteroatoms. The highest BCUT2D eigenvalue weighted by molar-refractivity contribution is 5.89. The molecule has 8 nitrogen and oxygen atoms in total. The van der Waals surface area contributed by atoms with Gasteiger partial charge in [0.25, 0.3) is 0 Å². The van der Waals surface area contributed by atoms with Crippen molar-refractivity contribution in [3.05, 3.63) is 119 Å². The molecule has 0 amide bonds. The van der Waals surface area contributed by atoms with Gasteiger partial charge in [0.15, 0.2) is 5.82 Å². The number of tetrazole rings is 1. The Kier molecular flexibility index (Phi) is 5.94. The minimum absolute atomic E-state index is 0.259. The zero-order chi connectivity index (χ0) is 23.3. The van der Waals surface area contributed by atoms with Gasteiger partial charge >= 0.3 is 5.97 Å². The molecule has 3 N–H and O–H groups in total. The summed E-state index contributed by atoms with van der Waals surface area (Å²) in [5.41, 5.74) is 6.09. The number of carboxylic acid groups (broad SMARTS) is 1. The summed E-state index contributed by atoms with van der Waals surface area (Å²) in [6.45, 7) is 0. The zero-order valence-corrected chi connectivity index (χ0v) is 18.2. The van der Waals surface area contributed by atoms with Gasteiger partial charge in [-0.25, -0.2) is 4.79 Å². The molecule has 0 aliphatic carbocycles. The average molecular weight is 451 g/mol. The average Bonchev–Trinajstić information content (AvgIpc) is 3.59. The maximum Gasteiger partial charge on any atom is 0.335 e. The van der Waals surface area contributed by atoms with Crippen molar-refractivity contribution < 1.29 is 9.90 Å². The quantitative estimate of drug-likeness (QED) is 0.325. The van der Waals surface area contributed by atoms with E-state index in [9.17, 15) is 9.90 Å². The first kappa shape index (κ1) is 21.3. The van der Waals surface area contributed by atoms with E-state index in [0.717, 1.165) is 33.5 Å². The SMILES string of the molecule is O=C(O)c1ccc(C(c2ccccc2)c2nn[nH]n2)cc1CCc1cccc(-c2ccn[nH]2)c1. The molecule has 5 aromatic rings. The minimum atomic E-state index is -0.941. The summed E-state index contributed by atoms with van der Waals surface area (Å²) in [6, 6.07) is 25.4. The van der Waals surface area contributed by atoms with Crippen molar-refractivity contribution in [1.29, 1.82) is 0 Å². The molecule has 34 heavy (non-hydrogen) atoms. The summed E-state index contributed by atoms with van der Waals surface area (Å²) in [5, 5.41) is 31.5. The normalized spacial score (nSPS) is 11.9. The second kappa shape index (κ2) is 9.50. The zero-order valence-electron chi connectivity index (χ0n) is 18.2. The van der Waals surface area contributed by atoms with Crippen LogP contribution in [0, 0.1) is 0 Å². The van der Waals surface area contributed by atoms with E-state index in [-0.39, 0.29) is 5.92 Å². The third kappa shape index (κ3) is 4.47. The highest BCUT2D eigenvalue weighted by atomic mass is 16.4. The second-order valence-electron chi connectivity index (χ2n) is 8.01. The fraction of sp³-hybridized carbons (Fsp3) is 0.115. The van der Waals surface area contributed by atoms with Crippen molar-refractivity contribution in [1.82, 2.24) is 30.8 Å². The molecule has 2 aromatic heterocycles. The van der Waals surface area contributed by atoms with Crippen LogP contribution in [0.1, 0.15) is 44.4 Å². The Balaban J connectivity index is 1.48. The summed E-state index contributed by atoms with van der Waals surface area (Å²) in [7, 11) is 0. The Bertz CT molecular complexity index is 1380. The number of nitrogens with zero attached hydrogens (tertiary/aromatic N) is 4. The molecule has 0 radical (unpaired) electrons. The number of rotatable bonds is 8. The summed E-state index contributed by atoms with van der Waals surface area (Å²) < 4.78 is 0. The molecule has 0 saturated carbocycles. The first-order valence-electron chi connectivity index (χ1n) is 10.9. The van der Waals surface area contributed by atoms with Crippen molar-refractivity contribution >= 4 is 5.97 Å². The smallest absolute Gasteiger partial charge is 0.335 e. The largest absolute Gasteiger partial charge is 0.478 e. The van der Waals surface area contributed by atoms with Gasteiger partial charge in [-0.15, -0.1) is 10.2 Å². The number of carboxylic acids is 1. The number of H-pyrrole nitrogens is 2. The van der Waals surface area contributed by atoms with Crippen LogP contribution in [0.25, 0.3) is 11.3 Å². The van der Waals surface area contributed by atoms with Gasteiger partial charge in [0.1, 0.15) is 0 Å². The molecular formula is C26H22N6O2. The van der Waals surface area contributed by atoms with Crippen molar-refractivity contribution in [2.75, 3.05) is 0 Å². The number of aromatic carboxylic acids is 1. The lowest BCUT2D eigenvalue weighted by atomic mass is 9.87. The lowest BCUT2D eigenvalue weighted by Gasteiger charge is -2.17. The first-order valence-corrected chi connectivity index (χ1v) is 10.9. The predicted molar refractivity (Wildman–Crippen MR) is 126 cm³/mol. The minimum Gasteiger partial charge on any atom is -0.478 e. The highest BCUT2D eigenvalue weighted by Crippen LogP contribution is 2.31. The Morgan fingerprint density at radius 1 is 0.912 bits per heavy atom. The fourth-order valence-electron chi connectivity index (χ4n) is 4.23. The summed E-state index contributed by atoms with van der Waals surface area (Å²) >= 11 is 0. The van der Waals surface area contributed by atoms with E-state index >= 15 is 0 Å². The molecule has 3 aromatic carbocycles. The van der Waals surface area contributed by atoms with E-state index in [2.05, 4.69) is 43.0 Å². The van der Waals surface area contributed by atoms with Crippen molar-refractivity contribution in [2.45, 2.75) is 18.8 Å². The van der Waals surface area contributed by atoms with Crippen LogP contribution in [0.15, 0.2) is 85.1 Å². The molecule has 0 aliphatic rings. The topological polar surface area (TPSA) is 120 Å². The molecule has 168 valence electrons. The van der Waals surface area contributed by atoms with Crippen molar-refractivity contribution in [3.8, 4) is 11.3 Å². The number of aromatic amines is 2. The van der Waals surface area contributed by atoms with Gasteiger partial charge in [0, 0.05) is 6.20 Å². The van der Waals surface area contributed by atoms with Gasteiger partial charge in [-0.3, -0.25) is 5.10 Å². The highest BCUT2D eigenvalue weighted by Gasteiger charge is 2.23. The summed E-state index contributed by atoms with van der Waals surface area (Å²) in [5.74, 6) is -0.665. The number of hydrogen-bond acceptors (Lipinski definition) is 5. The number of aryl methyl sites for hydroxylation is 2. The van der Waals surface area contributed by atoms with E-state index < -0.39 is 5.97 Å². The summed E-state index contributed by atoms with van der Waals surface area (Å²) in [4.78, 5) is 12.0. The third-order valence-electron chi connectivity index (χ3n) is 5.87. The molecule has 0 fully saturated rings. The molecule has 1 atom stereocenters. The number of benzene rings is 3. The first-order chi connectivity index (χ1) is 16.7. The molecule has 2 heterocycles. The van der Waals surface area contributed by atoms with Crippen LogP contribution in [0.4, 0.5) is 0 Å². The van der Waals surface area contributed by atoms with E-state index in [0.29, 0.717) is 24.2 Å². The predicted octanol–water partition coefficient (Wildman–Crippen LogP) is 4.25. The fourth-order valence-corrected chi connectivity index (χ4v) is 4.23. The van der Waals surface area contributed by atoms with Crippen LogP contribution < -0.4 is 0 Å². The van der Waals surface area contributed by atoms with Crippen LogP contribution >= 0.6 is 0 Å². The molecule has 0 aliphatic heterocycles. The lowest BCUT2D eigenvalue weighted by Crippen LogP contribution is -2.10. The standard InChI is InChI=1S/C26H22N6O2/c33-26(34)22-12-11-21(24(25-29-31-32-30-25)18-6-2-1-3-7-18)16-19(22)10-9-17-5-4-8-20(15-17)23-13-14-27-28-23/h1-8,11-16,24H,9-10H2,(H,27,28)(H,33,34)(H,29,30,31,32). The Labute approximate surface area is 195 Å². The van der Waals surface area contributed by atoms with E-state index in [4.69, 9.17) is 0 Å². The van der Waals surface area contributed by atoms with Crippen molar-refractivity contribution in [2.24, 2.45) is 0 Å². The Morgan fingerprint density at radius 2 is 1.79 bits per heavy atom. The lowest BCUT2D eigenvalue weighted by molar-refractivity contribution is 0.0695. The monoisotopic (exact) mass is 450 g/mol. The van der Waals surface area contributed by atoms with E-state index in [1.165, 1.54) is 0 Å². The van der Waals surface area contributed by atoms with Gasteiger partial charge in [-0.2, -0.15) is 10.3 Å². The maximum atomic E-state index is 12.0. The van der Waals surface area contributed by atoms with Gasteiger partial charge in [0.2, 0.25) is 0 Å². The van der Waals surface area contributed by atoms with E-state index in [1.54, 1.807) is 12.3 Å². The second-order valence-corrected chi connectivity index (χ2v) is 8.01. The molecule has 0 bridgehead atoms. The van der Waals surface area contributed by atoms with Crippen LogP contribution in [0.5, 0.6) is 0 Å². The van der Waals surface area contributed by atoms with Gasteiger partial charge in [-0.05, 0) is 58.9 Å². The Morgan fingerprint density at radius 3 is 2.53 bits per heavy atom. The molecule has 0 saturated heterocycles. The maximum absolute atomic E-state index is 12.0. The van der Waals surface area contributed by atoms with Crippen LogP contribution in [-0.2, 0) is 12.8 Å². The molecular weight excluding hydrogens is 428 g/mol. The van der Waals surface area contributed by atoms with Gasteiger partial charge < -0.3 is 5.11 Å². The molecule has 0 spiro atoms. The molecule has 1 unspecified atom stereocenters.